The van der Waals surface area contributed by atoms with E-state index in [-0.39, 0.29) is 12.1 Å². The van der Waals surface area contributed by atoms with Gasteiger partial charge in [0.15, 0.2) is 6.29 Å². The molecule has 1 aromatic heterocycles. The predicted octanol–water partition coefficient (Wildman–Crippen LogP) is 1.38. The molecule has 110 valence electrons. The lowest BCUT2D eigenvalue weighted by Crippen LogP contribution is -2.28. The molecule has 2 aromatic rings. The van der Waals surface area contributed by atoms with E-state index in [9.17, 15) is 9.59 Å². The molecule has 1 aromatic carbocycles. The van der Waals surface area contributed by atoms with Crippen LogP contribution in [0.1, 0.15) is 10.4 Å². The average molecular weight is 288 g/mol. The van der Waals surface area contributed by atoms with Crippen molar-refractivity contribution in [3.8, 4) is 17.0 Å². The molecular formula is C15H16N2O4. The Morgan fingerprint density at radius 3 is 2.71 bits per heavy atom. The third-order valence-corrected chi connectivity index (χ3v) is 3.02. The van der Waals surface area contributed by atoms with Crippen LogP contribution in [-0.2, 0) is 11.3 Å². The summed E-state index contributed by atoms with van der Waals surface area (Å²) in [6.07, 6.45) is 0.534. The van der Waals surface area contributed by atoms with Crippen LogP contribution in [0.15, 0.2) is 35.1 Å². The van der Waals surface area contributed by atoms with Crippen molar-refractivity contribution in [2.45, 2.75) is 6.54 Å². The number of para-hydroxylation sites is 1. The lowest BCUT2D eigenvalue weighted by Gasteiger charge is -2.11. The van der Waals surface area contributed by atoms with Gasteiger partial charge < -0.3 is 9.47 Å². The number of benzene rings is 1. The van der Waals surface area contributed by atoms with E-state index < -0.39 is 5.56 Å². The van der Waals surface area contributed by atoms with Crippen LogP contribution < -0.4 is 10.3 Å². The zero-order valence-corrected chi connectivity index (χ0v) is 11.9. The first-order valence-corrected chi connectivity index (χ1v) is 6.41. The molecule has 0 aliphatic carbocycles. The van der Waals surface area contributed by atoms with Crippen LogP contribution in [0.2, 0.25) is 0 Å². The van der Waals surface area contributed by atoms with Crippen LogP contribution in [0.3, 0.4) is 0 Å². The van der Waals surface area contributed by atoms with Gasteiger partial charge in [0.2, 0.25) is 0 Å². The maximum atomic E-state index is 12.0. The third-order valence-electron chi connectivity index (χ3n) is 3.02. The van der Waals surface area contributed by atoms with Crippen LogP contribution in [0.4, 0.5) is 0 Å². The summed E-state index contributed by atoms with van der Waals surface area (Å²) in [4.78, 5) is 23.1. The van der Waals surface area contributed by atoms with Gasteiger partial charge in [-0.2, -0.15) is 5.10 Å². The summed E-state index contributed by atoms with van der Waals surface area (Å²) in [5.41, 5.74) is 0.849. The highest BCUT2D eigenvalue weighted by molar-refractivity contribution is 5.78. The SMILES string of the molecule is COCCn1nc(-c2ccccc2OC)cc(C=O)c1=O. The number of carbonyl (C=O) groups excluding carboxylic acids is 1. The van der Waals surface area contributed by atoms with E-state index in [0.717, 1.165) is 0 Å². The van der Waals surface area contributed by atoms with Gasteiger partial charge in [-0.15, -0.1) is 0 Å². The Kier molecular flexibility index (Phi) is 4.84. The summed E-state index contributed by atoms with van der Waals surface area (Å²) in [7, 11) is 3.09. The smallest absolute Gasteiger partial charge is 0.277 e. The van der Waals surface area contributed by atoms with Crippen molar-refractivity contribution < 1.29 is 14.3 Å². The van der Waals surface area contributed by atoms with E-state index in [1.165, 1.54) is 17.9 Å². The van der Waals surface area contributed by atoms with Crippen molar-refractivity contribution in [1.29, 1.82) is 0 Å². The monoisotopic (exact) mass is 288 g/mol. The van der Waals surface area contributed by atoms with Crippen molar-refractivity contribution in [2.24, 2.45) is 0 Å². The predicted molar refractivity (Wildman–Crippen MR) is 77.7 cm³/mol. The fourth-order valence-corrected chi connectivity index (χ4v) is 1.96. The van der Waals surface area contributed by atoms with Crippen LogP contribution in [0.5, 0.6) is 5.75 Å². The molecule has 1 heterocycles. The molecule has 0 unspecified atom stereocenters. The topological polar surface area (TPSA) is 70.4 Å². The molecule has 2 rings (SSSR count). The fraction of sp³-hybridized carbons (Fsp3) is 0.267. The van der Waals surface area contributed by atoms with Gasteiger partial charge >= 0.3 is 0 Å². The van der Waals surface area contributed by atoms with Crippen LogP contribution >= 0.6 is 0 Å². The van der Waals surface area contributed by atoms with E-state index in [1.807, 2.05) is 18.2 Å². The first-order valence-electron chi connectivity index (χ1n) is 6.41. The lowest BCUT2D eigenvalue weighted by molar-refractivity contribution is 0.112. The first-order chi connectivity index (χ1) is 10.2. The second-order valence-corrected chi connectivity index (χ2v) is 4.32. The Bertz CT molecular complexity index is 694. The second kappa shape index (κ2) is 6.81. The number of ether oxygens (including phenoxy) is 2. The largest absolute Gasteiger partial charge is 0.496 e. The van der Waals surface area contributed by atoms with Gasteiger partial charge in [0.25, 0.3) is 5.56 Å². The molecule has 21 heavy (non-hydrogen) atoms. The van der Waals surface area contributed by atoms with Crippen molar-refractivity contribution >= 4 is 6.29 Å². The minimum atomic E-state index is -0.430. The summed E-state index contributed by atoms with van der Waals surface area (Å²) < 4.78 is 11.5. The van der Waals surface area contributed by atoms with E-state index in [1.54, 1.807) is 13.2 Å². The molecule has 0 aliphatic rings. The van der Waals surface area contributed by atoms with Gasteiger partial charge in [-0.25, -0.2) is 4.68 Å². The minimum Gasteiger partial charge on any atom is -0.496 e. The number of aldehydes is 1. The van der Waals surface area contributed by atoms with E-state index in [2.05, 4.69) is 5.10 Å². The number of nitrogens with zero attached hydrogens (tertiary/aromatic N) is 2. The highest BCUT2D eigenvalue weighted by Crippen LogP contribution is 2.27. The Hall–Kier alpha value is -2.47. The first kappa shape index (κ1) is 14.9. The van der Waals surface area contributed by atoms with E-state index in [4.69, 9.17) is 9.47 Å². The van der Waals surface area contributed by atoms with Crippen molar-refractivity contribution in [2.75, 3.05) is 20.8 Å². The molecule has 0 bridgehead atoms. The molecular weight excluding hydrogens is 272 g/mol. The zero-order chi connectivity index (χ0) is 15.2. The Morgan fingerprint density at radius 1 is 1.29 bits per heavy atom. The molecule has 0 saturated carbocycles. The molecule has 6 heteroatoms. The number of methoxy groups -OCH3 is 2. The van der Waals surface area contributed by atoms with Crippen LogP contribution in [0.25, 0.3) is 11.3 Å². The highest BCUT2D eigenvalue weighted by Gasteiger charge is 2.12. The second-order valence-electron chi connectivity index (χ2n) is 4.32. The van der Waals surface area contributed by atoms with Gasteiger partial charge in [0, 0.05) is 12.7 Å². The Labute approximate surface area is 121 Å². The summed E-state index contributed by atoms with van der Waals surface area (Å²) in [6, 6.07) is 8.76. The van der Waals surface area contributed by atoms with E-state index in [0.29, 0.717) is 29.9 Å². The highest BCUT2D eigenvalue weighted by atomic mass is 16.5. The fourth-order valence-electron chi connectivity index (χ4n) is 1.96. The van der Waals surface area contributed by atoms with Crippen molar-refractivity contribution in [3.63, 3.8) is 0 Å². The average Bonchev–Trinajstić information content (AvgIpc) is 2.53. The number of hydrogen-bond donors (Lipinski definition) is 0. The Morgan fingerprint density at radius 2 is 2.05 bits per heavy atom. The number of rotatable bonds is 6. The number of hydrogen-bond acceptors (Lipinski definition) is 5. The van der Waals surface area contributed by atoms with Crippen LogP contribution in [0, 0.1) is 0 Å². The van der Waals surface area contributed by atoms with Gasteiger partial charge in [-0.3, -0.25) is 9.59 Å². The standard InChI is InChI=1S/C15H16N2O4/c1-20-8-7-17-15(19)11(10-18)9-13(16-17)12-5-3-4-6-14(12)21-2/h3-6,9-10H,7-8H2,1-2H3. The summed E-state index contributed by atoms with van der Waals surface area (Å²) in [5.74, 6) is 0.624. The molecule has 0 atom stereocenters. The molecule has 0 N–H and O–H groups in total. The van der Waals surface area contributed by atoms with Crippen molar-refractivity contribution in [3.05, 3.63) is 46.2 Å². The molecule has 6 nitrogen and oxygen atoms in total. The van der Waals surface area contributed by atoms with Gasteiger partial charge in [-0.05, 0) is 18.2 Å². The van der Waals surface area contributed by atoms with Crippen LogP contribution in [-0.4, -0.2) is 36.9 Å². The number of carbonyl (C=O) groups is 1. The van der Waals surface area contributed by atoms with Gasteiger partial charge in [0.1, 0.15) is 5.75 Å². The quantitative estimate of drug-likeness (QED) is 0.751. The lowest BCUT2D eigenvalue weighted by atomic mass is 10.1. The molecule has 0 saturated heterocycles. The Balaban J connectivity index is 2.58. The van der Waals surface area contributed by atoms with Gasteiger partial charge in [0.05, 0.1) is 31.5 Å². The summed E-state index contributed by atoms with van der Waals surface area (Å²) in [5, 5.41) is 4.28. The summed E-state index contributed by atoms with van der Waals surface area (Å²) in [6.45, 7) is 0.611. The van der Waals surface area contributed by atoms with Crippen molar-refractivity contribution in [1.82, 2.24) is 9.78 Å². The summed E-state index contributed by atoms with van der Waals surface area (Å²) >= 11 is 0. The maximum Gasteiger partial charge on any atom is 0.277 e. The molecule has 0 aliphatic heterocycles. The third kappa shape index (κ3) is 3.17. The molecule has 0 fully saturated rings. The van der Waals surface area contributed by atoms with Gasteiger partial charge in [-0.1, -0.05) is 12.1 Å². The maximum absolute atomic E-state index is 12.0. The van der Waals surface area contributed by atoms with E-state index >= 15 is 0 Å². The zero-order valence-electron chi connectivity index (χ0n) is 11.9. The number of aromatic nitrogens is 2. The minimum absolute atomic E-state index is 0.0574. The molecule has 0 spiro atoms. The normalized spacial score (nSPS) is 10.4. The molecule has 0 radical (unpaired) electrons. The molecule has 0 amide bonds.